The monoisotopic (exact) mass is 369 g/mol. The quantitative estimate of drug-likeness (QED) is 0.811. The van der Waals surface area contributed by atoms with Gasteiger partial charge in [0.25, 0.3) is 0 Å². The van der Waals surface area contributed by atoms with Gasteiger partial charge in [-0.3, -0.25) is 0 Å². The fourth-order valence-corrected chi connectivity index (χ4v) is 2.37. The summed E-state index contributed by atoms with van der Waals surface area (Å²) in [6.45, 7) is 3.38. The first kappa shape index (κ1) is 16.2. The highest BCUT2D eigenvalue weighted by Crippen LogP contribution is 2.28. The summed E-state index contributed by atoms with van der Waals surface area (Å²) in [6.07, 6.45) is 1.02. The van der Waals surface area contributed by atoms with E-state index >= 15 is 0 Å². The Morgan fingerprint density at radius 2 is 1.95 bits per heavy atom. The van der Waals surface area contributed by atoms with Gasteiger partial charge in [-0.15, -0.1) is 0 Å². The van der Waals surface area contributed by atoms with E-state index in [9.17, 15) is 0 Å². The second kappa shape index (κ2) is 7.73. The third kappa shape index (κ3) is 4.15. The highest BCUT2D eigenvalue weighted by atomic mass is 79.9. The van der Waals surface area contributed by atoms with Gasteiger partial charge in [0.2, 0.25) is 0 Å². The van der Waals surface area contributed by atoms with Crippen molar-refractivity contribution in [2.45, 2.75) is 20.0 Å². The third-order valence-electron chi connectivity index (χ3n) is 2.85. The molecular formula is C15H17BrClN3O. The first-order valence-corrected chi connectivity index (χ1v) is 7.88. The molecular weight excluding hydrogens is 354 g/mol. The van der Waals surface area contributed by atoms with Gasteiger partial charge >= 0.3 is 0 Å². The van der Waals surface area contributed by atoms with Crippen molar-refractivity contribution in [3.05, 3.63) is 39.5 Å². The molecule has 0 spiro atoms. The molecule has 0 saturated heterocycles. The number of anilines is 1. The molecule has 2 rings (SSSR count). The van der Waals surface area contributed by atoms with Gasteiger partial charge in [-0.2, -0.15) is 0 Å². The number of ether oxygens (including phenoxy) is 1. The first-order chi connectivity index (χ1) is 10.2. The smallest absolute Gasteiger partial charge is 0.161 e. The van der Waals surface area contributed by atoms with Gasteiger partial charge in [-0.05, 0) is 46.6 Å². The van der Waals surface area contributed by atoms with Crippen molar-refractivity contribution in [1.82, 2.24) is 9.97 Å². The Morgan fingerprint density at radius 1 is 1.24 bits per heavy atom. The molecule has 1 aromatic carbocycles. The molecule has 0 radical (unpaired) electrons. The van der Waals surface area contributed by atoms with Crippen molar-refractivity contribution in [3.8, 4) is 11.4 Å². The predicted molar refractivity (Wildman–Crippen MR) is 89.7 cm³/mol. The molecule has 0 fully saturated rings. The predicted octanol–water partition coefficient (Wildman–Crippen LogP) is 4.53. The molecule has 0 aliphatic heterocycles. The number of halogens is 2. The summed E-state index contributed by atoms with van der Waals surface area (Å²) in [5.41, 5.74) is 1.74. The zero-order chi connectivity index (χ0) is 15.2. The molecule has 4 nitrogen and oxygen atoms in total. The highest BCUT2D eigenvalue weighted by Gasteiger charge is 2.13. The minimum Gasteiger partial charge on any atom is -0.378 e. The van der Waals surface area contributed by atoms with Crippen LogP contribution in [0.5, 0.6) is 0 Å². The summed E-state index contributed by atoms with van der Waals surface area (Å²) < 4.78 is 6.05. The standard InChI is InChI=1S/C15H17BrClN3O/c1-3-8-18-15-13(16)12(9-21-2)19-14(20-15)10-4-6-11(17)7-5-10/h4-7H,3,8-9H2,1-2H3,(H,18,19,20). The van der Waals surface area contributed by atoms with Crippen molar-refractivity contribution in [3.63, 3.8) is 0 Å². The van der Waals surface area contributed by atoms with Crippen molar-refractivity contribution in [1.29, 1.82) is 0 Å². The maximum Gasteiger partial charge on any atom is 0.161 e. The fourth-order valence-electron chi connectivity index (χ4n) is 1.81. The number of hydrogen-bond acceptors (Lipinski definition) is 4. The first-order valence-electron chi connectivity index (χ1n) is 6.70. The number of benzene rings is 1. The van der Waals surface area contributed by atoms with E-state index in [2.05, 4.69) is 38.1 Å². The lowest BCUT2D eigenvalue weighted by atomic mass is 10.2. The van der Waals surface area contributed by atoms with Crippen molar-refractivity contribution in [2.24, 2.45) is 0 Å². The second-order valence-electron chi connectivity index (χ2n) is 4.52. The van der Waals surface area contributed by atoms with Gasteiger partial charge < -0.3 is 10.1 Å². The van der Waals surface area contributed by atoms with Crippen LogP contribution < -0.4 is 5.32 Å². The summed E-state index contributed by atoms with van der Waals surface area (Å²) in [5, 5.41) is 4.00. The molecule has 21 heavy (non-hydrogen) atoms. The van der Waals surface area contributed by atoms with Crippen LogP contribution in [0.1, 0.15) is 19.0 Å². The lowest BCUT2D eigenvalue weighted by Crippen LogP contribution is -2.08. The van der Waals surface area contributed by atoms with Gasteiger partial charge in [-0.1, -0.05) is 18.5 Å². The topological polar surface area (TPSA) is 47.0 Å². The van der Waals surface area contributed by atoms with Crippen LogP contribution in [0.2, 0.25) is 5.02 Å². The third-order valence-corrected chi connectivity index (χ3v) is 3.93. The van der Waals surface area contributed by atoms with Gasteiger partial charge in [-0.25, -0.2) is 9.97 Å². The number of nitrogens with one attached hydrogen (secondary N) is 1. The maximum atomic E-state index is 5.92. The average molecular weight is 371 g/mol. The van der Waals surface area contributed by atoms with Crippen LogP contribution >= 0.6 is 27.5 Å². The Balaban J connectivity index is 2.44. The Labute approximate surface area is 138 Å². The molecule has 0 bridgehead atoms. The summed E-state index contributed by atoms with van der Waals surface area (Å²) >= 11 is 9.47. The van der Waals surface area contributed by atoms with E-state index in [-0.39, 0.29) is 0 Å². The van der Waals surface area contributed by atoms with Crippen molar-refractivity contribution in [2.75, 3.05) is 19.0 Å². The molecule has 0 atom stereocenters. The van der Waals surface area contributed by atoms with Crippen LogP contribution in [0.4, 0.5) is 5.82 Å². The van der Waals surface area contributed by atoms with Gasteiger partial charge in [0.1, 0.15) is 5.82 Å². The molecule has 0 saturated carbocycles. The summed E-state index contributed by atoms with van der Waals surface area (Å²) in [6, 6.07) is 7.48. The van der Waals surface area contributed by atoms with Gasteiger partial charge in [0.15, 0.2) is 5.82 Å². The van der Waals surface area contributed by atoms with Gasteiger partial charge in [0, 0.05) is 24.2 Å². The van der Waals surface area contributed by atoms with Crippen LogP contribution in [0.15, 0.2) is 28.7 Å². The zero-order valence-electron chi connectivity index (χ0n) is 12.0. The van der Waals surface area contributed by atoms with E-state index in [1.165, 1.54) is 0 Å². The van der Waals surface area contributed by atoms with E-state index in [4.69, 9.17) is 16.3 Å². The molecule has 1 heterocycles. The number of rotatable bonds is 6. The SMILES string of the molecule is CCCNc1nc(-c2ccc(Cl)cc2)nc(COC)c1Br. The minimum atomic E-state index is 0.421. The Hall–Kier alpha value is -1.17. The average Bonchev–Trinajstić information content (AvgIpc) is 2.49. The minimum absolute atomic E-state index is 0.421. The van der Waals surface area contributed by atoms with Crippen LogP contribution in [0.3, 0.4) is 0 Å². The van der Waals surface area contributed by atoms with Crippen LogP contribution in [0, 0.1) is 0 Å². The second-order valence-corrected chi connectivity index (χ2v) is 5.75. The summed E-state index contributed by atoms with van der Waals surface area (Å²) in [4.78, 5) is 9.15. The van der Waals surface area contributed by atoms with Crippen LogP contribution in [-0.4, -0.2) is 23.6 Å². The van der Waals surface area contributed by atoms with E-state index in [0.29, 0.717) is 17.5 Å². The van der Waals surface area contributed by atoms with Gasteiger partial charge in [0.05, 0.1) is 16.8 Å². The van der Waals surface area contributed by atoms with E-state index in [1.807, 2.05) is 24.3 Å². The van der Waals surface area contributed by atoms with E-state index in [0.717, 1.165) is 34.5 Å². The number of nitrogens with zero attached hydrogens (tertiary/aromatic N) is 2. The lowest BCUT2D eigenvalue weighted by Gasteiger charge is -2.12. The number of methoxy groups -OCH3 is 1. The van der Waals surface area contributed by atoms with Crippen molar-refractivity contribution < 1.29 is 4.74 Å². The Morgan fingerprint density at radius 3 is 2.57 bits per heavy atom. The van der Waals surface area contributed by atoms with Crippen LogP contribution in [-0.2, 0) is 11.3 Å². The molecule has 1 aromatic heterocycles. The van der Waals surface area contributed by atoms with Crippen LogP contribution in [0.25, 0.3) is 11.4 Å². The summed E-state index contributed by atoms with van der Waals surface area (Å²) in [5.74, 6) is 1.43. The largest absolute Gasteiger partial charge is 0.378 e. The molecule has 0 unspecified atom stereocenters. The molecule has 0 amide bonds. The number of hydrogen-bond donors (Lipinski definition) is 1. The molecule has 2 aromatic rings. The molecule has 6 heteroatoms. The Kier molecular flexibility index (Phi) is 5.96. The molecule has 0 aliphatic rings. The highest BCUT2D eigenvalue weighted by molar-refractivity contribution is 9.10. The summed E-state index contributed by atoms with van der Waals surface area (Å²) in [7, 11) is 1.65. The molecule has 0 aliphatic carbocycles. The van der Waals surface area contributed by atoms with E-state index < -0.39 is 0 Å². The normalized spacial score (nSPS) is 10.7. The lowest BCUT2D eigenvalue weighted by molar-refractivity contribution is 0.181. The number of aromatic nitrogens is 2. The molecule has 112 valence electrons. The fraction of sp³-hybridized carbons (Fsp3) is 0.333. The Bertz CT molecular complexity index is 605. The zero-order valence-corrected chi connectivity index (χ0v) is 14.3. The maximum absolute atomic E-state index is 5.92. The van der Waals surface area contributed by atoms with E-state index in [1.54, 1.807) is 7.11 Å². The van der Waals surface area contributed by atoms with Crippen molar-refractivity contribution >= 4 is 33.3 Å². The molecule has 1 N–H and O–H groups in total.